The third-order valence-corrected chi connectivity index (χ3v) is 4.47. The maximum atomic E-state index is 12.5. The highest BCUT2D eigenvalue weighted by Crippen LogP contribution is 2.25. The second kappa shape index (κ2) is 6.65. The number of rotatable bonds is 5. The first-order valence-electron chi connectivity index (χ1n) is 8.11. The first-order chi connectivity index (χ1) is 12.2. The Morgan fingerprint density at radius 1 is 1.20 bits per heavy atom. The topological polar surface area (TPSA) is 47.2 Å². The molecule has 0 spiro atoms. The molecule has 3 aromatic rings. The quantitative estimate of drug-likeness (QED) is 0.646. The van der Waals surface area contributed by atoms with Crippen LogP contribution in [0, 0.1) is 0 Å². The van der Waals surface area contributed by atoms with Crippen molar-refractivity contribution in [1.29, 1.82) is 0 Å². The molecule has 25 heavy (non-hydrogen) atoms. The van der Waals surface area contributed by atoms with E-state index in [0.717, 1.165) is 23.4 Å². The lowest BCUT2D eigenvalue weighted by Gasteiger charge is -2.03. The summed E-state index contributed by atoms with van der Waals surface area (Å²) in [4.78, 5) is 21.2. The summed E-state index contributed by atoms with van der Waals surface area (Å²) >= 11 is 6.01. The number of Topliss-reactive ketones (excluding diaryl/α,β-unsaturated/α-hetero) is 1. The average molecular weight is 350 g/mol. The molecule has 0 bridgehead atoms. The minimum absolute atomic E-state index is 0.0536. The lowest BCUT2D eigenvalue weighted by atomic mass is 10.0. The van der Waals surface area contributed by atoms with Crippen LogP contribution in [0.25, 0.3) is 0 Å². The summed E-state index contributed by atoms with van der Waals surface area (Å²) in [6.07, 6.45) is 6.65. The molecular weight excluding hydrogens is 334 g/mol. The van der Waals surface area contributed by atoms with E-state index in [1.807, 2.05) is 59.4 Å². The zero-order valence-electron chi connectivity index (χ0n) is 13.5. The third-order valence-electron chi connectivity index (χ3n) is 4.23. The Morgan fingerprint density at radius 2 is 2.12 bits per heavy atom. The Morgan fingerprint density at radius 3 is 3.00 bits per heavy atom. The van der Waals surface area contributed by atoms with Gasteiger partial charge in [-0.25, -0.2) is 4.98 Å². The van der Waals surface area contributed by atoms with Crippen LogP contribution < -0.4 is 0 Å². The van der Waals surface area contributed by atoms with Crippen molar-refractivity contribution < 1.29 is 4.79 Å². The Balaban J connectivity index is 1.45. The summed E-state index contributed by atoms with van der Waals surface area (Å²) < 4.78 is 1.96. The average Bonchev–Trinajstić information content (AvgIpc) is 3.23. The van der Waals surface area contributed by atoms with Crippen LogP contribution in [-0.2, 0) is 19.4 Å². The predicted molar refractivity (Wildman–Crippen MR) is 99.1 cm³/mol. The maximum absolute atomic E-state index is 12.5. The molecule has 0 atom stereocenters. The Labute approximate surface area is 150 Å². The molecule has 0 aliphatic carbocycles. The molecule has 0 unspecified atom stereocenters. The fourth-order valence-electron chi connectivity index (χ4n) is 2.97. The van der Waals surface area contributed by atoms with Crippen LogP contribution >= 0.6 is 11.6 Å². The number of aliphatic imine (C=N–C) groups is 1. The van der Waals surface area contributed by atoms with Crippen molar-refractivity contribution in [2.24, 2.45) is 4.99 Å². The van der Waals surface area contributed by atoms with Gasteiger partial charge in [0.2, 0.25) is 0 Å². The highest BCUT2D eigenvalue weighted by molar-refractivity contribution is 6.30. The van der Waals surface area contributed by atoms with E-state index in [1.54, 1.807) is 6.33 Å². The number of hydrogen-bond donors (Lipinski definition) is 0. The molecule has 2 heterocycles. The van der Waals surface area contributed by atoms with Crippen LogP contribution in [0.2, 0.25) is 5.02 Å². The van der Waals surface area contributed by atoms with Crippen molar-refractivity contribution in [3.8, 4) is 0 Å². The van der Waals surface area contributed by atoms with Crippen molar-refractivity contribution in [3.63, 3.8) is 0 Å². The van der Waals surface area contributed by atoms with Gasteiger partial charge in [-0.3, -0.25) is 9.79 Å². The van der Waals surface area contributed by atoms with Gasteiger partial charge >= 0.3 is 0 Å². The van der Waals surface area contributed by atoms with Crippen molar-refractivity contribution >= 4 is 29.3 Å². The molecular formula is C20H16ClN3O. The van der Waals surface area contributed by atoms with E-state index in [4.69, 9.17) is 11.6 Å². The summed E-state index contributed by atoms with van der Waals surface area (Å²) in [6, 6.07) is 13.4. The lowest BCUT2D eigenvalue weighted by molar-refractivity contribution is 0.0992. The fourth-order valence-corrected chi connectivity index (χ4v) is 3.18. The number of aromatic nitrogens is 2. The third kappa shape index (κ3) is 3.54. The molecule has 5 heteroatoms. The van der Waals surface area contributed by atoms with Crippen LogP contribution in [0.3, 0.4) is 0 Å². The van der Waals surface area contributed by atoms with Gasteiger partial charge in [-0.05, 0) is 29.3 Å². The predicted octanol–water partition coefficient (Wildman–Crippen LogP) is 4.27. The number of imidazole rings is 1. The van der Waals surface area contributed by atoms with Gasteiger partial charge in [0.1, 0.15) is 0 Å². The highest BCUT2D eigenvalue weighted by Gasteiger charge is 2.13. The van der Waals surface area contributed by atoms with Crippen LogP contribution in [0.5, 0.6) is 0 Å². The van der Waals surface area contributed by atoms with Gasteiger partial charge in [0.25, 0.3) is 0 Å². The SMILES string of the molecule is O=C(Cc1cn(Cc2cccc(Cl)c2)cn1)c1ccc2c(c1)N=CC2. The largest absolute Gasteiger partial charge is 0.333 e. The van der Waals surface area contributed by atoms with Gasteiger partial charge < -0.3 is 4.57 Å². The molecule has 0 saturated carbocycles. The molecule has 0 saturated heterocycles. The number of halogens is 1. The molecule has 1 aliphatic heterocycles. The first kappa shape index (κ1) is 15.8. The number of benzene rings is 2. The lowest BCUT2D eigenvalue weighted by Crippen LogP contribution is -2.04. The Hall–Kier alpha value is -2.72. The number of carbonyl (C=O) groups is 1. The van der Waals surface area contributed by atoms with Crippen molar-refractivity contribution in [2.45, 2.75) is 19.4 Å². The second-order valence-electron chi connectivity index (χ2n) is 6.13. The van der Waals surface area contributed by atoms with Crippen LogP contribution in [0.4, 0.5) is 5.69 Å². The molecule has 0 N–H and O–H groups in total. The van der Waals surface area contributed by atoms with Crippen LogP contribution in [0.1, 0.15) is 27.2 Å². The van der Waals surface area contributed by atoms with E-state index in [1.165, 1.54) is 5.56 Å². The summed E-state index contributed by atoms with van der Waals surface area (Å²) in [5.41, 5.74) is 4.61. The van der Waals surface area contributed by atoms with Gasteiger partial charge in [0.15, 0.2) is 5.78 Å². The van der Waals surface area contributed by atoms with E-state index in [-0.39, 0.29) is 12.2 Å². The number of ketones is 1. The van der Waals surface area contributed by atoms with Gasteiger partial charge in [-0.15, -0.1) is 0 Å². The standard InChI is InChI=1S/C20H16ClN3O/c21-17-3-1-2-14(8-17)11-24-12-18(23-13-24)10-20(25)16-5-4-15-6-7-22-19(15)9-16/h1-5,7-9,12-13H,6,10-11H2. The van der Waals surface area contributed by atoms with Crippen molar-refractivity contribution in [3.05, 3.63) is 82.4 Å². The summed E-state index contributed by atoms with van der Waals surface area (Å²) in [7, 11) is 0. The number of nitrogens with zero attached hydrogens (tertiary/aromatic N) is 3. The monoisotopic (exact) mass is 349 g/mol. The van der Waals surface area contributed by atoms with E-state index in [2.05, 4.69) is 9.98 Å². The van der Waals surface area contributed by atoms with Gasteiger partial charge in [0.05, 0.1) is 24.1 Å². The van der Waals surface area contributed by atoms with Crippen molar-refractivity contribution in [1.82, 2.24) is 9.55 Å². The fraction of sp³-hybridized carbons (Fsp3) is 0.150. The van der Waals surface area contributed by atoms with Gasteiger partial charge in [-0.2, -0.15) is 0 Å². The molecule has 2 aromatic carbocycles. The van der Waals surface area contributed by atoms with Crippen LogP contribution in [0.15, 0.2) is 60.0 Å². The normalized spacial score (nSPS) is 12.4. The Bertz CT molecular complexity index is 975. The smallest absolute Gasteiger partial charge is 0.168 e. The van der Waals surface area contributed by atoms with E-state index < -0.39 is 0 Å². The summed E-state index contributed by atoms with van der Waals surface area (Å²) in [5, 5.41) is 0.715. The van der Waals surface area contributed by atoms with Gasteiger partial charge in [0, 0.05) is 36.0 Å². The van der Waals surface area contributed by atoms with E-state index >= 15 is 0 Å². The molecule has 0 radical (unpaired) electrons. The molecule has 124 valence electrons. The number of carbonyl (C=O) groups excluding carboxylic acids is 1. The molecule has 0 amide bonds. The minimum Gasteiger partial charge on any atom is -0.333 e. The number of hydrogen-bond acceptors (Lipinski definition) is 3. The zero-order valence-corrected chi connectivity index (χ0v) is 14.3. The molecule has 4 rings (SSSR count). The zero-order chi connectivity index (χ0) is 17.2. The van der Waals surface area contributed by atoms with Gasteiger partial charge in [-0.1, -0.05) is 35.9 Å². The molecule has 0 fully saturated rings. The minimum atomic E-state index is 0.0536. The molecule has 1 aliphatic rings. The molecule has 4 nitrogen and oxygen atoms in total. The Kier molecular flexibility index (Phi) is 4.20. The summed E-state index contributed by atoms with van der Waals surface area (Å²) in [6.45, 7) is 0.676. The summed E-state index contributed by atoms with van der Waals surface area (Å²) in [5.74, 6) is 0.0536. The van der Waals surface area contributed by atoms with Crippen LogP contribution in [-0.4, -0.2) is 21.5 Å². The number of fused-ring (bicyclic) bond motifs is 1. The van der Waals surface area contributed by atoms with E-state index in [0.29, 0.717) is 17.1 Å². The first-order valence-corrected chi connectivity index (χ1v) is 8.49. The highest BCUT2D eigenvalue weighted by atomic mass is 35.5. The maximum Gasteiger partial charge on any atom is 0.168 e. The second-order valence-corrected chi connectivity index (χ2v) is 6.56. The molecule has 1 aromatic heterocycles. The van der Waals surface area contributed by atoms with Crippen molar-refractivity contribution in [2.75, 3.05) is 0 Å². The van der Waals surface area contributed by atoms with E-state index in [9.17, 15) is 4.79 Å².